The maximum atomic E-state index is 13.6. The van der Waals surface area contributed by atoms with Crippen LogP contribution in [0.1, 0.15) is 29.7 Å². The van der Waals surface area contributed by atoms with Crippen LogP contribution in [0.15, 0.2) is 72.6 Å². The van der Waals surface area contributed by atoms with Crippen molar-refractivity contribution in [1.82, 2.24) is 9.88 Å². The molecule has 1 unspecified atom stereocenters. The van der Waals surface area contributed by atoms with E-state index in [1.165, 1.54) is 35.2 Å². The van der Waals surface area contributed by atoms with Crippen molar-refractivity contribution in [2.45, 2.75) is 19.5 Å². The molecule has 0 bridgehead atoms. The molecule has 1 saturated heterocycles. The summed E-state index contributed by atoms with van der Waals surface area (Å²) in [5.41, 5.74) is 1.35. The second-order valence-corrected chi connectivity index (χ2v) is 7.83. The van der Waals surface area contributed by atoms with E-state index in [-0.39, 0.29) is 28.5 Å². The minimum absolute atomic E-state index is 0.0846. The van der Waals surface area contributed by atoms with Crippen molar-refractivity contribution in [2.75, 3.05) is 6.61 Å². The Morgan fingerprint density at radius 2 is 1.94 bits per heavy atom. The third-order valence-electron chi connectivity index (χ3n) is 5.31. The number of aliphatic hydroxyl groups excluding tert-OH is 1. The molecule has 1 aliphatic rings. The van der Waals surface area contributed by atoms with Crippen molar-refractivity contribution in [3.8, 4) is 5.75 Å². The van der Waals surface area contributed by atoms with Gasteiger partial charge in [-0.05, 0) is 54.4 Å². The van der Waals surface area contributed by atoms with Crippen LogP contribution in [0.2, 0.25) is 5.02 Å². The van der Waals surface area contributed by atoms with Gasteiger partial charge in [0.05, 0.1) is 23.2 Å². The first-order valence-corrected chi connectivity index (χ1v) is 10.6. The first-order chi connectivity index (χ1) is 15.9. The van der Waals surface area contributed by atoms with E-state index in [1.807, 2.05) is 6.92 Å². The van der Waals surface area contributed by atoms with E-state index >= 15 is 0 Å². The third-order valence-corrected chi connectivity index (χ3v) is 5.60. The molecule has 2 heterocycles. The largest absolute Gasteiger partial charge is 0.507 e. The van der Waals surface area contributed by atoms with E-state index in [0.29, 0.717) is 23.5 Å². The molecule has 1 aromatic heterocycles. The molecule has 33 heavy (non-hydrogen) atoms. The SMILES string of the molecule is CCOc1ccc(/C(O)=C2\C(=O)C(=O)N(Cc3cccnc3)C2c2ccc(F)cc2)cc1Cl. The van der Waals surface area contributed by atoms with Crippen molar-refractivity contribution in [2.24, 2.45) is 0 Å². The molecule has 3 aromatic rings. The van der Waals surface area contributed by atoms with E-state index in [0.717, 1.165) is 0 Å². The number of pyridine rings is 1. The highest BCUT2D eigenvalue weighted by Crippen LogP contribution is 2.41. The fourth-order valence-corrected chi connectivity index (χ4v) is 4.03. The van der Waals surface area contributed by atoms with E-state index in [2.05, 4.69) is 4.98 Å². The van der Waals surface area contributed by atoms with Gasteiger partial charge in [0.1, 0.15) is 17.3 Å². The van der Waals surface area contributed by atoms with Crippen LogP contribution in [0, 0.1) is 5.82 Å². The molecule has 168 valence electrons. The van der Waals surface area contributed by atoms with Crippen molar-refractivity contribution in [3.05, 3.63) is 100 Å². The zero-order valence-electron chi connectivity index (χ0n) is 17.7. The van der Waals surface area contributed by atoms with E-state index in [1.54, 1.807) is 36.7 Å². The lowest BCUT2D eigenvalue weighted by molar-refractivity contribution is -0.140. The van der Waals surface area contributed by atoms with Crippen LogP contribution in [0.4, 0.5) is 4.39 Å². The van der Waals surface area contributed by atoms with Gasteiger partial charge in [-0.25, -0.2) is 4.39 Å². The summed E-state index contributed by atoms with van der Waals surface area (Å²) in [6, 6.07) is 12.7. The van der Waals surface area contributed by atoms with Crippen LogP contribution in [-0.4, -0.2) is 33.3 Å². The molecule has 8 heteroatoms. The van der Waals surface area contributed by atoms with Crippen LogP contribution in [0.25, 0.3) is 5.76 Å². The van der Waals surface area contributed by atoms with Crippen molar-refractivity contribution in [1.29, 1.82) is 0 Å². The zero-order valence-corrected chi connectivity index (χ0v) is 18.4. The van der Waals surface area contributed by atoms with E-state index < -0.39 is 23.5 Å². The Morgan fingerprint density at radius 1 is 1.18 bits per heavy atom. The Morgan fingerprint density at radius 3 is 2.58 bits per heavy atom. The monoisotopic (exact) mass is 466 g/mol. The Kier molecular flexibility index (Phi) is 6.42. The molecule has 1 atom stereocenters. The smallest absolute Gasteiger partial charge is 0.295 e. The van der Waals surface area contributed by atoms with Crippen LogP contribution in [0.3, 0.4) is 0 Å². The lowest BCUT2D eigenvalue weighted by Gasteiger charge is -2.25. The number of halogens is 2. The first-order valence-electron chi connectivity index (χ1n) is 10.3. The maximum absolute atomic E-state index is 13.6. The van der Waals surface area contributed by atoms with Gasteiger partial charge in [-0.2, -0.15) is 0 Å². The molecule has 0 spiro atoms. The lowest BCUT2D eigenvalue weighted by Crippen LogP contribution is -2.29. The van der Waals surface area contributed by atoms with Crippen LogP contribution < -0.4 is 4.74 Å². The number of rotatable bonds is 6. The molecule has 6 nitrogen and oxygen atoms in total. The average Bonchev–Trinajstić information content (AvgIpc) is 3.06. The predicted octanol–water partition coefficient (Wildman–Crippen LogP) is 4.89. The number of Topliss-reactive ketones (excluding diaryl/α,β-unsaturated/α-hetero) is 1. The number of ether oxygens (including phenoxy) is 1. The Bertz CT molecular complexity index is 1230. The minimum Gasteiger partial charge on any atom is -0.507 e. The van der Waals surface area contributed by atoms with Gasteiger partial charge in [-0.3, -0.25) is 14.6 Å². The highest BCUT2D eigenvalue weighted by atomic mass is 35.5. The Balaban J connectivity index is 1.84. The summed E-state index contributed by atoms with van der Waals surface area (Å²) in [6.07, 6.45) is 3.19. The van der Waals surface area contributed by atoms with Crippen LogP contribution >= 0.6 is 11.6 Å². The second-order valence-electron chi connectivity index (χ2n) is 7.42. The number of hydrogen-bond acceptors (Lipinski definition) is 5. The quantitative estimate of drug-likeness (QED) is 0.318. The molecule has 2 aromatic carbocycles. The summed E-state index contributed by atoms with van der Waals surface area (Å²) >= 11 is 6.26. The van der Waals surface area contributed by atoms with E-state index in [4.69, 9.17) is 16.3 Å². The molecule has 0 aliphatic carbocycles. The fraction of sp³-hybridized carbons (Fsp3) is 0.160. The summed E-state index contributed by atoms with van der Waals surface area (Å²) in [5.74, 6) is -2.01. The van der Waals surface area contributed by atoms with Crippen molar-refractivity contribution >= 4 is 29.1 Å². The van der Waals surface area contributed by atoms with Gasteiger partial charge in [0.15, 0.2) is 0 Å². The van der Waals surface area contributed by atoms with Gasteiger partial charge >= 0.3 is 0 Å². The molecule has 1 amide bonds. The van der Waals surface area contributed by atoms with Gasteiger partial charge in [-0.15, -0.1) is 0 Å². The van der Waals surface area contributed by atoms with Gasteiger partial charge in [-0.1, -0.05) is 29.8 Å². The zero-order chi connectivity index (χ0) is 23.5. The summed E-state index contributed by atoms with van der Waals surface area (Å²) in [7, 11) is 0. The standard InChI is InChI=1S/C25H20ClFN2O4/c1-2-33-20-10-7-17(12-19(20)26)23(30)21-22(16-5-8-18(27)9-6-16)29(25(32)24(21)31)14-15-4-3-11-28-13-15/h3-13,22,30H,2,14H2,1H3/b23-21+. The number of hydrogen-bond donors (Lipinski definition) is 1. The summed E-state index contributed by atoms with van der Waals surface area (Å²) in [4.78, 5) is 31.5. The van der Waals surface area contributed by atoms with E-state index in [9.17, 15) is 19.1 Å². The van der Waals surface area contributed by atoms with Crippen molar-refractivity contribution in [3.63, 3.8) is 0 Å². The second kappa shape index (κ2) is 9.42. The van der Waals surface area contributed by atoms with Crippen LogP contribution in [0.5, 0.6) is 5.75 Å². The molecule has 0 radical (unpaired) electrons. The third kappa shape index (κ3) is 4.45. The molecule has 0 saturated carbocycles. The number of carbonyl (C=O) groups is 2. The van der Waals surface area contributed by atoms with Gasteiger partial charge in [0.2, 0.25) is 0 Å². The number of nitrogens with zero attached hydrogens (tertiary/aromatic N) is 2. The normalized spacial score (nSPS) is 17.4. The van der Waals surface area contributed by atoms with Gasteiger partial charge in [0, 0.05) is 24.5 Å². The minimum atomic E-state index is -0.920. The number of amides is 1. The summed E-state index contributed by atoms with van der Waals surface area (Å²) in [6.45, 7) is 2.31. The Labute approximate surface area is 194 Å². The summed E-state index contributed by atoms with van der Waals surface area (Å²) in [5, 5.41) is 11.4. The number of benzene rings is 2. The molecule has 1 N–H and O–H groups in total. The number of carbonyl (C=O) groups excluding carboxylic acids is 2. The predicted molar refractivity (Wildman–Crippen MR) is 121 cm³/mol. The fourth-order valence-electron chi connectivity index (χ4n) is 3.80. The number of ketones is 1. The number of aliphatic hydroxyl groups is 1. The van der Waals surface area contributed by atoms with Crippen molar-refractivity contribution < 1.29 is 23.8 Å². The van der Waals surface area contributed by atoms with Gasteiger partial charge in [0.25, 0.3) is 11.7 Å². The lowest BCUT2D eigenvalue weighted by atomic mass is 9.95. The van der Waals surface area contributed by atoms with Gasteiger partial charge < -0.3 is 14.7 Å². The highest BCUT2D eigenvalue weighted by molar-refractivity contribution is 6.46. The number of aromatic nitrogens is 1. The maximum Gasteiger partial charge on any atom is 0.295 e. The molecular weight excluding hydrogens is 447 g/mol. The average molecular weight is 467 g/mol. The molecular formula is C25H20ClFN2O4. The van der Waals surface area contributed by atoms with Crippen LogP contribution in [-0.2, 0) is 16.1 Å². The molecule has 1 aliphatic heterocycles. The molecule has 4 rings (SSSR count). The highest BCUT2D eigenvalue weighted by Gasteiger charge is 2.46. The number of likely N-dealkylation sites (tertiary alicyclic amines) is 1. The summed E-state index contributed by atoms with van der Waals surface area (Å²) < 4.78 is 19.0. The first kappa shape index (κ1) is 22.5. The molecule has 1 fully saturated rings. The Hall–Kier alpha value is -3.71. The topological polar surface area (TPSA) is 79.7 Å².